The highest BCUT2D eigenvalue weighted by molar-refractivity contribution is 9.10. The summed E-state index contributed by atoms with van der Waals surface area (Å²) in [5.41, 5.74) is 4.99. The minimum Gasteiger partial charge on any atom is -0.309 e. The largest absolute Gasteiger partial charge is 0.309 e. The standard InChI is InChI=1S/C16H17BrClN/c1-10-8-13(9-11(2)15(10)17)16(19-3)12-4-6-14(18)7-5-12/h4-9,16,19H,1-3H3. The maximum Gasteiger partial charge on any atom is 0.0574 e. The molecule has 1 nitrogen and oxygen atoms in total. The van der Waals surface area contributed by atoms with Gasteiger partial charge in [0, 0.05) is 9.50 Å². The van der Waals surface area contributed by atoms with E-state index in [0.717, 1.165) is 5.02 Å². The zero-order chi connectivity index (χ0) is 14.0. The monoisotopic (exact) mass is 337 g/mol. The number of aryl methyl sites for hydroxylation is 2. The van der Waals surface area contributed by atoms with E-state index in [1.165, 1.54) is 26.7 Å². The smallest absolute Gasteiger partial charge is 0.0574 e. The highest BCUT2D eigenvalue weighted by Gasteiger charge is 2.14. The first-order valence-corrected chi connectivity index (χ1v) is 7.39. The Bertz CT molecular complexity index is 555. The summed E-state index contributed by atoms with van der Waals surface area (Å²) >= 11 is 9.56. The van der Waals surface area contributed by atoms with Crippen LogP contribution in [0.15, 0.2) is 40.9 Å². The number of nitrogens with one attached hydrogen (secondary N) is 1. The lowest BCUT2D eigenvalue weighted by Crippen LogP contribution is -2.18. The van der Waals surface area contributed by atoms with Crippen LogP contribution in [-0.2, 0) is 0 Å². The maximum absolute atomic E-state index is 5.95. The van der Waals surface area contributed by atoms with E-state index in [-0.39, 0.29) is 6.04 Å². The van der Waals surface area contributed by atoms with E-state index in [0.29, 0.717) is 0 Å². The second-order valence-electron chi connectivity index (χ2n) is 4.74. The van der Waals surface area contributed by atoms with Gasteiger partial charge < -0.3 is 5.32 Å². The number of hydrogen-bond acceptors (Lipinski definition) is 1. The van der Waals surface area contributed by atoms with Crippen LogP contribution < -0.4 is 5.32 Å². The molecule has 0 amide bonds. The Hall–Kier alpha value is -0.830. The number of halogens is 2. The van der Waals surface area contributed by atoms with Crippen LogP contribution in [0.1, 0.15) is 28.3 Å². The molecule has 0 heterocycles. The molecule has 0 aliphatic rings. The van der Waals surface area contributed by atoms with Gasteiger partial charge in [0.1, 0.15) is 0 Å². The van der Waals surface area contributed by atoms with Gasteiger partial charge in [-0.1, -0.05) is 51.8 Å². The second-order valence-corrected chi connectivity index (χ2v) is 5.97. The van der Waals surface area contributed by atoms with Gasteiger partial charge in [-0.05, 0) is 55.3 Å². The third-order valence-corrected chi connectivity index (χ3v) is 4.79. The summed E-state index contributed by atoms with van der Waals surface area (Å²) in [6.07, 6.45) is 0. The highest BCUT2D eigenvalue weighted by Crippen LogP contribution is 2.29. The van der Waals surface area contributed by atoms with Crippen molar-refractivity contribution in [2.75, 3.05) is 7.05 Å². The summed E-state index contributed by atoms with van der Waals surface area (Å²) in [5.74, 6) is 0. The lowest BCUT2D eigenvalue weighted by molar-refractivity contribution is 0.690. The first-order chi connectivity index (χ1) is 9.02. The summed E-state index contributed by atoms with van der Waals surface area (Å²) in [6.45, 7) is 4.24. The molecule has 19 heavy (non-hydrogen) atoms. The molecule has 1 atom stereocenters. The molecule has 2 aromatic carbocycles. The topological polar surface area (TPSA) is 12.0 Å². The van der Waals surface area contributed by atoms with Crippen molar-refractivity contribution in [1.82, 2.24) is 5.32 Å². The third-order valence-electron chi connectivity index (χ3n) is 3.28. The summed E-state index contributed by atoms with van der Waals surface area (Å²) in [6, 6.07) is 12.6. The van der Waals surface area contributed by atoms with Gasteiger partial charge in [0.2, 0.25) is 0 Å². The van der Waals surface area contributed by atoms with Crippen LogP contribution >= 0.6 is 27.5 Å². The van der Waals surface area contributed by atoms with Gasteiger partial charge in [0.25, 0.3) is 0 Å². The van der Waals surface area contributed by atoms with Crippen molar-refractivity contribution in [3.05, 3.63) is 68.1 Å². The third kappa shape index (κ3) is 3.19. The van der Waals surface area contributed by atoms with Crippen molar-refractivity contribution >= 4 is 27.5 Å². The first kappa shape index (κ1) is 14.6. The van der Waals surface area contributed by atoms with E-state index < -0.39 is 0 Å². The minimum absolute atomic E-state index is 0.183. The molecule has 1 unspecified atom stereocenters. The van der Waals surface area contributed by atoms with Crippen LogP contribution in [0.2, 0.25) is 5.02 Å². The Morgan fingerprint density at radius 2 is 1.53 bits per heavy atom. The van der Waals surface area contributed by atoms with Gasteiger partial charge >= 0.3 is 0 Å². The molecule has 2 aromatic rings. The van der Waals surface area contributed by atoms with Gasteiger partial charge in [-0.25, -0.2) is 0 Å². The molecule has 0 aliphatic heterocycles. The molecular weight excluding hydrogens is 322 g/mol. The van der Waals surface area contributed by atoms with Crippen molar-refractivity contribution in [3.8, 4) is 0 Å². The Morgan fingerprint density at radius 1 is 1.00 bits per heavy atom. The van der Waals surface area contributed by atoms with Crippen LogP contribution in [0, 0.1) is 13.8 Å². The highest BCUT2D eigenvalue weighted by atomic mass is 79.9. The summed E-state index contributed by atoms with van der Waals surface area (Å²) < 4.78 is 1.18. The van der Waals surface area contributed by atoms with E-state index in [4.69, 9.17) is 11.6 Å². The van der Waals surface area contributed by atoms with Crippen LogP contribution in [-0.4, -0.2) is 7.05 Å². The molecule has 2 rings (SSSR count). The van der Waals surface area contributed by atoms with Crippen molar-refractivity contribution in [2.45, 2.75) is 19.9 Å². The number of rotatable bonds is 3. The predicted molar refractivity (Wildman–Crippen MR) is 86.0 cm³/mol. The first-order valence-electron chi connectivity index (χ1n) is 6.22. The zero-order valence-electron chi connectivity index (χ0n) is 11.3. The number of hydrogen-bond donors (Lipinski definition) is 1. The summed E-state index contributed by atoms with van der Waals surface area (Å²) in [5, 5.41) is 4.14. The Labute approximate surface area is 128 Å². The quantitative estimate of drug-likeness (QED) is 0.828. The van der Waals surface area contributed by atoms with Crippen molar-refractivity contribution in [1.29, 1.82) is 0 Å². The Morgan fingerprint density at radius 3 is 2.00 bits per heavy atom. The average Bonchev–Trinajstić information content (AvgIpc) is 2.39. The van der Waals surface area contributed by atoms with Gasteiger partial charge in [-0.15, -0.1) is 0 Å². The average molecular weight is 339 g/mol. The van der Waals surface area contributed by atoms with Crippen molar-refractivity contribution in [3.63, 3.8) is 0 Å². The minimum atomic E-state index is 0.183. The lowest BCUT2D eigenvalue weighted by Gasteiger charge is -2.19. The fourth-order valence-electron chi connectivity index (χ4n) is 2.33. The molecule has 0 radical (unpaired) electrons. The molecule has 3 heteroatoms. The fourth-order valence-corrected chi connectivity index (χ4v) is 2.68. The molecule has 0 fully saturated rings. The van der Waals surface area contributed by atoms with Crippen LogP contribution in [0.5, 0.6) is 0 Å². The summed E-state index contributed by atoms with van der Waals surface area (Å²) in [4.78, 5) is 0. The van der Waals surface area contributed by atoms with E-state index in [2.05, 4.69) is 59.4 Å². The van der Waals surface area contributed by atoms with Crippen LogP contribution in [0.3, 0.4) is 0 Å². The van der Waals surface area contributed by atoms with Gasteiger partial charge in [-0.2, -0.15) is 0 Å². The van der Waals surface area contributed by atoms with E-state index in [9.17, 15) is 0 Å². The molecule has 0 bridgehead atoms. The maximum atomic E-state index is 5.95. The van der Waals surface area contributed by atoms with Gasteiger partial charge in [0.05, 0.1) is 6.04 Å². The van der Waals surface area contributed by atoms with E-state index >= 15 is 0 Å². The van der Waals surface area contributed by atoms with E-state index in [1.54, 1.807) is 0 Å². The predicted octanol–water partition coefficient (Wildman–Crippen LogP) is 5.03. The number of benzene rings is 2. The van der Waals surface area contributed by atoms with Gasteiger partial charge in [0.15, 0.2) is 0 Å². The second kappa shape index (κ2) is 6.08. The van der Waals surface area contributed by atoms with Crippen molar-refractivity contribution in [2.24, 2.45) is 0 Å². The molecule has 0 aromatic heterocycles. The van der Waals surface area contributed by atoms with Gasteiger partial charge in [-0.3, -0.25) is 0 Å². The molecule has 1 N–H and O–H groups in total. The summed E-state index contributed by atoms with van der Waals surface area (Å²) in [7, 11) is 1.98. The fraction of sp³-hybridized carbons (Fsp3) is 0.250. The zero-order valence-corrected chi connectivity index (χ0v) is 13.6. The SMILES string of the molecule is CNC(c1ccc(Cl)cc1)c1cc(C)c(Br)c(C)c1. The molecule has 0 spiro atoms. The Balaban J connectivity index is 2.45. The normalized spacial score (nSPS) is 12.5. The van der Waals surface area contributed by atoms with E-state index in [1.807, 2.05) is 19.2 Å². The molecule has 0 saturated heterocycles. The Kier molecular flexibility index (Phi) is 4.67. The van der Waals surface area contributed by atoms with Crippen LogP contribution in [0.4, 0.5) is 0 Å². The molecule has 0 aliphatic carbocycles. The van der Waals surface area contributed by atoms with Crippen LogP contribution in [0.25, 0.3) is 0 Å². The molecule has 0 saturated carbocycles. The lowest BCUT2D eigenvalue weighted by atomic mass is 9.96. The van der Waals surface area contributed by atoms with Crippen molar-refractivity contribution < 1.29 is 0 Å². The molecule has 100 valence electrons. The molecular formula is C16H17BrClN.